The summed E-state index contributed by atoms with van der Waals surface area (Å²) >= 11 is 1.34. The number of hydrogen-bond donors (Lipinski definition) is 2. The molecular weight excluding hydrogens is 262 g/mol. The Kier molecular flexibility index (Phi) is 6.66. The average molecular weight is 285 g/mol. The van der Waals surface area contributed by atoms with Crippen molar-refractivity contribution in [1.29, 1.82) is 0 Å². The molecule has 0 spiro atoms. The highest BCUT2D eigenvalue weighted by Gasteiger charge is 2.14. The maximum absolute atomic E-state index is 11.4. The number of nitrogen functional groups attached to an aromatic ring is 1. The van der Waals surface area contributed by atoms with E-state index in [0.29, 0.717) is 10.6 Å². The summed E-state index contributed by atoms with van der Waals surface area (Å²) in [5.41, 5.74) is 6.25. The highest BCUT2D eigenvalue weighted by atomic mass is 32.1. The minimum absolute atomic E-state index is 0.376. The van der Waals surface area contributed by atoms with Gasteiger partial charge in [0.15, 0.2) is 0 Å². The van der Waals surface area contributed by atoms with E-state index in [4.69, 9.17) is 5.73 Å². The van der Waals surface area contributed by atoms with Gasteiger partial charge in [0.05, 0.1) is 17.8 Å². The molecule has 0 saturated carbocycles. The van der Waals surface area contributed by atoms with Crippen molar-refractivity contribution in [3.05, 3.63) is 10.9 Å². The number of esters is 1. The highest BCUT2D eigenvalue weighted by Crippen LogP contribution is 2.29. The fourth-order valence-electron chi connectivity index (χ4n) is 1.80. The van der Waals surface area contributed by atoms with E-state index in [0.717, 1.165) is 37.6 Å². The number of carbonyl (C=O) groups is 1. The van der Waals surface area contributed by atoms with Crippen molar-refractivity contribution < 1.29 is 9.53 Å². The smallest absolute Gasteiger partial charge is 0.350 e. The van der Waals surface area contributed by atoms with Gasteiger partial charge < -0.3 is 20.7 Å². The first kappa shape index (κ1) is 15.8. The minimum Gasteiger partial charge on any atom is -0.465 e. The number of nitrogens with two attached hydrogens (primary N) is 1. The molecule has 0 fully saturated rings. The Bertz CT molecular complexity index is 403. The summed E-state index contributed by atoms with van der Waals surface area (Å²) in [7, 11) is 1.36. The van der Waals surface area contributed by atoms with Crippen molar-refractivity contribution in [1.82, 2.24) is 4.90 Å². The predicted octanol–water partition coefficient (Wildman–Crippen LogP) is 2.26. The molecule has 0 amide bonds. The first-order chi connectivity index (χ1) is 9.12. The molecule has 1 aromatic heterocycles. The summed E-state index contributed by atoms with van der Waals surface area (Å²) in [6, 6.07) is 1.79. The molecule has 0 aromatic carbocycles. The lowest BCUT2D eigenvalue weighted by Gasteiger charge is -2.17. The van der Waals surface area contributed by atoms with Gasteiger partial charge in [-0.25, -0.2) is 4.79 Å². The van der Waals surface area contributed by atoms with Crippen LogP contribution in [-0.2, 0) is 4.74 Å². The van der Waals surface area contributed by atoms with Gasteiger partial charge in [0.25, 0.3) is 0 Å². The Balaban J connectivity index is 2.40. The van der Waals surface area contributed by atoms with Gasteiger partial charge in [0.1, 0.15) is 4.88 Å². The Morgan fingerprint density at radius 1 is 1.47 bits per heavy atom. The zero-order valence-corrected chi connectivity index (χ0v) is 12.7. The Morgan fingerprint density at radius 2 is 2.16 bits per heavy atom. The second-order valence-corrected chi connectivity index (χ2v) is 5.25. The molecule has 1 aromatic rings. The molecule has 0 bridgehead atoms. The van der Waals surface area contributed by atoms with E-state index in [1.807, 2.05) is 0 Å². The first-order valence-electron chi connectivity index (χ1n) is 6.56. The van der Waals surface area contributed by atoms with Crippen LogP contribution in [-0.4, -0.2) is 44.2 Å². The van der Waals surface area contributed by atoms with E-state index >= 15 is 0 Å². The molecule has 6 heteroatoms. The van der Waals surface area contributed by atoms with Gasteiger partial charge in [0.2, 0.25) is 0 Å². The third-order valence-corrected chi connectivity index (χ3v) is 4.06. The van der Waals surface area contributed by atoms with Gasteiger partial charge in [-0.2, -0.15) is 0 Å². The van der Waals surface area contributed by atoms with Gasteiger partial charge in [-0.15, -0.1) is 11.3 Å². The third-order valence-electron chi connectivity index (χ3n) is 2.98. The molecule has 0 aliphatic rings. The van der Waals surface area contributed by atoms with Crippen LogP contribution >= 0.6 is 11.3 Å². The number of nitrogens with zero attached hydrogens (tertiary/aromatic N) is 1. The van der Waals surface area contributed by atoms with E-state index in [1.54, 1.807) is 6.07 Å². The predicted molar refractivity (Wildman–Crippen MR) is 81.0 cm³/mol. The molecule has 108 valence electrons. The van der Waals surface area contributed by atoms with Crippen molar-refractivity contribution in [2.45, 2.75) is 20.3 Å². The quantitative estimate of drug-likeness (QED) is 0.566. The summed E-state index contributed by atoms with van der Waals surface area (Å²) in [5, 5.41) is 4.21. The van der Waals surface area contributed by atoms with Crippen LogP contribution in [0.25, 0.3) is 0 Å². The number of thiophene rings is 1. The molecule has 0 radical (unpaired) electrons. The van der Waals surface area contributed by atoms with Crippen LogP contribution in [0, 0.1) is 0 Å². The van der Waals surface area contributed by atoms with E-state index in [1.165, 1.54) is 18.4 Å². The number of ether oxygens (including phenoxy) is 1. The van der Waals surface area contributed by atoms with E-state index in [2.05, 4.69) is 28.8 Å². The lowest BCUT2D eigenvalue weighted by atomic mass is 10.3. The molecule has 0 aliphatic carbocycles. The van der Waals surface area contributed by atoms with Crippen molar-refractivity contribution in [2.75, 3.05) is 44.3 Å². The molecule has 0 atom stereocenters. The topological polar surface area (TPSA) is 67.6 Å². The molecule has 1 rings (SSSR count). The van der Waals surface area contributed by atoms with E-state index < -0.39 is 0 Å². The maximum atomic E-state index is 11.4. The van der Waals surface area contributed by atoms with Gasteiger partial charge in [0, 0.05) is 6.54 Å². The number of nitrogens with one attached hydrogen (secondary N) is 1. The van der Waals surface area contributed by atoms with Gasteiger partial charge in [-0.3, -0.25) is 0 Å². The second-order valence-electron chi connectivity index (χ2n) is 4.19. The highest BCUT2D eigenvalue weighted by molar-refractivity contribution is 7.18. The van der Waals surface area contributed by atoms with Crippen LogP contribution in [0.3, 0.4) is 0 Å². The van der Waals surface area contributed by atoms with Crippen LogP contribution in [0.5, 0.6) is 0 Å². The molecule has 1 heterocycles. The SMILES string of the molecule is CCN(CC)CCCNc1cc(N)c(C(=O)OC)s1. The van der Waals surface area contributed by atoms with Gasteiger partial charge >= 0.3 is 5.97 Å². The summed E-state index contributed by atoms with van der Waals surface area (Å²) in [6.45, 7) is 8.44. The molecule has 5 nitrogen and oxygen atoms in total. The first-order valence-corrected chi connectivity index (χ1v) is 7.37. The fraction of sp³-hybridized carbons (Fsp3) is 0.615. The van der Waals surface area contributed by atoms with E-state index in [9.17, 15) is 4.79 Å². The average Bonchev–Trinajstić information content (AvgIpc) is 2.79. The van der Waals surface area contributed by atoms with Crippen molar-refractivity contribution >= 4 is 28.0 Å². The summed E-state index contributed by atoms with van der Waals surface area (Å²) in [6.07, 6.45) is 1.06. The summed E-state index contributed by atoms with van der Waals surface area (Å²) in [4.78, 5) is 14.3. The number of methoxy groups -OCH3 is 1. The van der Waals surface area contributed by atoms with Crippen molar-refractivity contribution in [3.63, 3.8) is 0 Å². The number of anilines is 2. The normalized spacial score (nSPS) is 10.7. The van der Waals surface area contributed by atoms with Gasteiger partial charge in [-0.1, -0.05) is 13.8 Å². The van der Waals surface area contributed by atoms with Crippen molar-refractivity contribution in [2.24, 2.45) is 0 Å². The van der Waals surface area contributed by atoms with Crippen LogP contribution < -0.4 is 11.1 Å². The monoisotopic (exact) mass is 285 g/mol. The van der Waals surface area contributed by atoms with E-state index in [-0.39, 0.29) is 5.97 Å². The van der Waals surface area contributed by atoms with Crippen LogP contribution in [0.2, 0.25) is 0 Å². The van der Waals surface area contributed by atoms with Crippen LogP contribution in [0.4, 0.5) is 10.7 Å². The van der Waals surface area contributed by atoms with Crippen molar-refractivity contribution in [3.8, 4) is 0 Å². The molecule has 0 saturated heterocycles. The lowest BCUT2D eigenvalue weighted by Crippen LogP contribution is -2.25. The van der Waals surface area contributed by atoms with Gasteiger partial charge in [-0.05, 0) is 32.1 Å². The number of carbonyl (C=O) groups excluding carboxylic acids is 1. The van der Waals surface area contributed by atoms with Crippen LogP contribution in [0.15, 0.2) is 6.07 Å². The number of rotatable bonds is 8. The molecule has 19 heavy (non-hydrogen) atoms. The Labute approximate surface area is 118 Å². The fourth-order valence-corrected chi connectivity index (χ4v) is 2.72. The zero-order chi connectivity index (χ0) is 14.3. The maximum Gasteiger partial charge on any atom is 0.350 e. The summed E-state index contributed by atoms with van der Waals surface area (Å²) < 4.78 is 4.67. The minimum atomic E-state index is -0.376. The third kappa shape index (κ3) is 4.72. The Morgan fingerprint density at radius 3 is 2.74 bits per heavy atom. The molecule has 3 N–H and O–H groups in total. The molecular formula is C13H23N3O2S. The molecule has 0 aliphatic heterocycles. The summed E-state index contributed by atoms with van der Waals surface area (Å²) in [5.74, 6) is -0.376. The largest absolute Gasteiger partial charge is 0.465 e. The van der Waals surface area contributed by atoms with Crippen LogP contribution in [0.1, 0.15) is 29.9 Å². The zero-order valence-electron chi connectivity index (χ0n) is 11.9. The number of hydrogen-bond acceptors (Lipinski definition) is 6. The Hall–Kier alpha value is -1.27. The lowest BCUT2D eigenvalue weighted by molar-refractivity contribution is 0.0607. The second kappa shape index (κ2) is 8.01. The standard InChI is InChI=1S/C13H23N3O2S/c1-4-16(5-2)8-6-7-15-11-9-10(14)12(19-11)13(17)18-3/h9,15H,4-8,14H2,1-3H3. The molecule has 0 unspecified atom stereocenters.